The summed E-state index contributed by atoms with van der Waals surface area (Å²) in [5.41, 5.74) is 5.26. The van der Waals surface area contributed by atoms with Crippen LogP contribution in [0.3, 0.4) is 0 Å². The lowest BCUT2D eigenvalue weighted by Crippen LogP contribution is -2.34. The van der Waals surface area contributed by atoms with Crippen LogP contribution < -0.4 is 5.11 Å². The van der Waals surface area contributed by atoms with Gasteiger partial charge in [-0.1, -0.05) is 174 Å². The van der Waals surface area contributed by atoms with Gasteiger partial charge in [0, 0.05) is 46.5 Å². The maximum absolute atomic E-state index is 11.9. The number of aromatic nitrogens is 3. The van der Waals surface area contributed by atoms with E-state index in [0.717, 1.165) is 36.3 Å². The second kappa shape index (κ2) is 41.2. The van der Waals surface area contributed by atoms with Crippen molar-refractivity contribution in [3.8, 4) is 0 Å². The molecule has 0 unspecified atom stereocenters. The number of rotatable bonds is 25. The average molecular weight is 1290 g/mol. The molecular weight excluding hydrogens is 1190 g/mol. The summed E-state index contributed by atoms with van der Waals surface area (Å²) in [4.78, 5) is 33.6. The molecule has 16 heteroatoms. The van der Waals surface area contributed by atoms with Crippen LogP contribution in [0.5, 0.6) is 0 Å². The summed E-state index contributed by atoms with van der Waals surface area (Å²) in [6, 6.07) is 73.9. The minimum atomic E-state index is -1.06. The monoisotopic (exact) mass is 1290 g/mol. The molecule has 0 saturated heterocycles. The van der Waals surface area contributed by atoms with Gasteiger partial charge >= 0.3 is 6.09 Å². The van der Waals surface area contributed by atoms with Crippen molar-refractivity contribution in [2.24, 2.45) is 0 Å². The number of ether oxygens (including phenoxy) is 7. The number of hydrogen-bond donors (Lipinski definition) is 0. The first kappa shape index (κ1) is 75.2. The van der Waals surface area contributed by atoms with Gasteiger partial charge < -0.3 is 43.1 Å². The molecule has 0 amide bonds. The van der Waals surface area contributed by atoms with E-state index in [0.29, 0.717) is 62.7 Å². The van der Waals surface area contributed by atoms with Crippen molar-refractivity contribution in [1.82, 2.24) is 19.9 Å². The molecule has 14 nitrogen and oxygen atoms in total. The molecule has 1 heterocycles. The SMILES string of the molecule is CC(C)c1cc(C(C)C)c(C(=O)[O-])c(C(C)C)c1.COCOCCN(CCOCOC)CCOCOC.Cc1ccc2c(c1)nnn2C(=O)OC(C)(C)C.c1ccc([S+](c2ccccc2)c2ccccc2)cc1.c1ccc([S+](c2ccccc2)c2ccccc2)cc1. The van der Waals surface area contributed by atoms with E-state index in [1.54, 1.807) is 21.3 Å². The van der Waals surface area contributed by atoms with E-state index in [1.165, 1.54) is 39.6 Å². The Balaban J connectivity index is 0.000000209. The molecule has 1 aromatic heterocycles. The third-order valence-electron chi connectivity index (χ3n) is 13.6. The fourth-order valence-electron chi connectivity index (χ4n) is 9.16. The molecule has 8 aromatic carbocycles. The summed E-state index contributed by atoms with van der Waals surface area (Å²) in [5, 5.41) is 19.2. The highest BCUT2D eigenvalue weighted by atomic mass is 32.2. The number of hydrogen-bond acceptors (Lipinski definition) is 13. The quantitative estimate of drug-likeness (QED) is 0.0303. The first-order valence-electron chi connectivity index (χ1n) is 31.0. The molecule has 490 valence electrons. The van der Waals surface area contributed by atoms with E-state index in [9.17, 15) is 14.7 Å². The van der Waals surface area contributed by atoms with Crippen LogP contribution in [0, 0.1) is 6.92 Å². The number of carbonyl (C=O) groups is 2. The second-order valence-corrected chi connectivity index (χ2v) is 27.1. The van der Waals surface area contributed by atoms with Gasteiger partial charge in [-0.15, -0.1) is 9.78 Å². The predicted octanol–water partition coefficient (Wildman–Crippen LogP) is 15.7. The smallest absolute Gasteiger partial charge is 0.437 e. The molecule has 0 saturated carbocycles. The Hall–Kier alpha value is -7.48. The van der Waals surface area contributed by atoms with Gasteiger partial charge in [-0.2, -0.15) is 0 Å². The van der Waals surface area contributed by atoms with E-state index in [2.05, 4.69) is 211 Å². The first-order chi connectivity index (χ1) is 44.4. The van der Waals surface area contributed by atoms with Crippen LogP contribution in [-0.2, 0) is 54.9 Å². The van der Waals surface area contributed by atoms with E-state index < -0.39 is 17.7 Å². The predicted molar refractivity (Wildman–Crippen MR) is 370 cm³/mol. The zero-order valence-corrected chi connectivity index (χ0v) is 57.6. The molecule has 0 aliphatic rings. The average Bonchev–Trinajstić information content (AvgIpc) is 1.31. The molecule has 0 spiro atoms. The maximum Gasteiger partial charge on any atom is 0.437 e. The van der Waals surface area contributed by atoms with Crippen LogP contribution in [0.1, 0.15) is 113 Å². The van der Waals surface area contributed by atoms with Crippen LogP contribution in [-0.4, -0.2) is 119 Å². The van der Waals surface area contributed by atoms with Crippen LogP contribution in [0.25, 0.3) is 11.0 Å². The second-order valence-electron chi connectivity index (χ2n) is 23.1. The minimum absolute atomic E-state index is 0.0146. The zero-order valence-electron chi connectivity index (χ0n) is 56.0. The summed E-state index contributed by atoms with van der Waals surface area (Å²) < 4.78 is 36.7. The van der Waals surface area contributed by atoms with Crippen molar-refractivity contribution in [3.05, 3.63) is 240 Å². The molecule has 92 heavy (non-hydrogen) atoms. The van der Waals surface area contributed by atoms with Gasteiger partial charge in [0.2, 0.25) is 0 Å². The molecule has 0 fully saturated rings. The normalized spacial score (nSPS) is 11.2. The molecule has 0 N–H and O–H groups in total. The maximum atomic E-state index is 11.9. The van der Waals surface area contributed by atoms with Crippen molar-refractivity contribution in [2.75, 3.05) is 81.2 Å². The van der Waals surface area contributed by atoms with Crippen LogP contribution >= 0.6 is 0 Å². The Bertz CT molecular complexity index is 3100. The van der Waals surface area contributed by atoms with Crippen molar-refractivity contribution in [2.45, 2.75) is 122 Å². The Morgan fingerprint density at radius 3 is 1.09 bits per heavy atom. The highest BCUT2D eigenvalue weighted by molar-refractivity contribution is 7.97. The molecule has 0 aliphatic carbocycles. The molecule has 9 aromatic rings. The van der Waals surface area contributed by atoms with Gasteiger partial charge in [0.15, 0.2) is 29.4 Å². The standard InChI is InChI=1S/2C18H15S.C16H24O2.C12H15N3O2.C12H27NO6/c2*1-4-10-16(11-5-1)19(17-12-6-2-7-13-17)18-14-8-3-9-15-18;1-9(2)12-7-13(10(3)4)15(16(17)18)14(8-12)11(5)6;1-8-5-6-10-9(7-8)13-14-15(10)11(16)17-12(2,3)4;1-14-10-17-7-4-13(5-8-18-11-15-2)6-9-19-12-16-3/h2*1-15H;7-11H,1-6H3,(H,17,18);5-7H,1-4H3;4-12H2,1-3H3/q2*+1;;;/p-1. The Morgan fingerprint density at radius 1 is 0.489 bits per heavy atom. The van der Waals surface area contributed by atoms with Gasteiger partial charge in [-0.25, -0.2) is 4.79 Å². The van der Waals surface area contributed by atoms with E-state index in [-0.39, 0.29) is 33.6 Å². The number of nitrogens with zero attached hydrogens (tertiary/aromatic N) is 4. The zero-order chi connectivity index (χ0) is 66.7. The van der Waals surface area contributed by atoms with E-state index >= 15 is 0 Å². The lowest BCUT2D eigenvalue weighted by atomic mass is 9.84. The lowest BCUT2D eigenvalue weighted by molar-refractivity contribution is -0.255. The summed E-state index contributed by atoms with van der Waals surface area (Å²) in [5.74, 6) is -0.281. The lowest BCUT2D eigenvalue weighted by Gasteiger charge is -2.23. The number of aromatic carboxylic acids is 1. The van der Waals surface area contributed by atoms with E-state index in [4.69, 9.17) is 33.2 Å². The number of carboxylic acids is 1. The van der Waals surface area contributed by atoms with Gasteiger partial charge in [0.05, 0.1) is 47.6 Å². The van der Waals surface area contributed by atoms with Crippen LogP contribution in [0.15, 0.2) is 242 Å². The van der Waals surface area contributed by atoms with E-state index in [1.807, 2.05) is 85.7 Å². The molecule has 0 aliphatic heterocycles. The molecule has 0 radical (unpaired) electrons. The van der Waals surface area contributed by atoms with Gasteiger partial charge in [0.25, 0.3) is 0 Å². The Morgan fingerprint density at radius 2 is 0.815 bits per heavy atom. The highest BCUT2D eigenvalue weighted by Crippen LogP contribution is 2.34. The number of carboxylic acid groups (broad SMARTS) is 1. The van der Waals surface area contributed by atoms with Crippen LogP contribution in [0.4, 0.5) is 4.79 Å². The van der Waals surface area contributed by atoms with Crippen molar-refractivity contribution in [1.29, 1.82) is 0 Å². The number of benzene rings is 8. The van der Waals surface area contributed by atoms with Crippen molar-refractivity contribution >= 4 is 44.9 Å². The fraction of sp³-hybridized carbons (Fsp3) is 0.342. The summed E-state index contributed by atoms with van der Waals surface area (Å²) in [6.45, 7) is 24.9. The topological polar surface area (TPSA) is 156 Å². The number of carbonyl (C=O) groups excluding carboxylic acids is 2. The summed E-state index contributed by atoms with van der Waals surface area (Å²) >= 11 is 0. The van der Waals surface area contributed by atoms with Gasteiger partial charge in [0.1, 0.15) is 37.0 Å². The largest absolute Gasteiger partial charge is 0.545 e. The van der Waals surface area contributed by atoms with Crippen molar-refractivity contribution in [3.63, 3.8) is 0 Å². The summed E-state index contributed by atoms with van der Waals surface area (Å²) in [6.07, 6.45) is -0.510. The third kappa shape index (κ3) is 25.9. The number of fused-ring (bicyclic) bond motifs is 1. The first-order valence-corrected chi connectivity index (χ1v) is 33.5. The summed E-state index contributed by atoms with van der Waals surface area (Å²) in [7, 11) is 4.79. The minimum Gasteiger partial charge on any atom is -0.545 e. The fourth-order valence-corrected chi connectivity index (χ4v) is 13.4. The number of methoxy groups -OCH3 is 3. The van der Waals surface area contributed by atoms with Gasteiger partial charge in [-0.05, 0) is 153 Å². The third-order valence-corrected chi connectivity index (χ3v) is 18.1. The Labute approximate surface area is 552 Å². The highest BCUT2D eigenvalue weighted by Gasteiger charge is 2.29. The molecule has 9 rings (SSSR count). The van der Waals surface area contributed by atoms with Crippen molar-refractivity contribution < 1.29 is 47.9 Å². The molecule has 0 bridgehead atoms. The number of aryl methyl sites for hydroxylation is 1. The van der Waals surface area contributed by atoms with Crippen LogP contribution in [0.2, 0.25) is 0 Å². The Kier molecular flexibility index (Phi) is 33.7. The molecular formula is C76H95N4O10S2+. The van der Waals surface area contributed by atoms with Gasteiger partial charge in [-0.3, -0.25) is 4.90 Å². The molecule has 0 atom stereocenters.